The van der Waals surface area contributed by atoms with Gasteiger partial charge in [-0.15, -0.1) is 0 Å². The number of nitrogens with zero attached hydrogens (tertiary/aromatic N) is 3. The standard InChI is InChI=1S/C21H18Cl2FN5O/c22-15-1-2-16(24)18(23)17(15)19-14(10-29(28-19)11-3-6-26-7-4-11)13-9-27-21(25)20-12(13)5-8-30-20/h1-2,5,8-11,26H,3-4,6-7H2,(H2,25,27). The number of nitrogen functional groups attached to an aromatic ring is 1. The lowest BCUT2D eigenvalue weighted by Crippen LogP contribution is -2.29. The van der Waals surface area contributed by atoms with Gasteiger partial charge < -0.3 is 15.5 Å². The molecule has 5 rings (SSSR count). The third kappa shape index (κ3) is 3.14. The number of benzene rings is 1. The van der Waals surface area contributed by atoms with Gasteiger partial charge in [-0.3, -0.25) is 4.68 Å². The molecule has 9 heteroatoms. The van der Waals surface area contributed by atoms with E-state index in [1.165, 1.54) is 12.1 Å². The van der Waals surface area contributed by atoms with Crippen LogP contribution >= 0.6 is 23.2 Å². The maximum Gasteiger partial charge on any atom is 0.176 e. The van der Waals surface area contributed by atoms with Crippen LogP contribution in [-0.2, 0) is 0 Å². The molecule has 1 aromatic carbocycles. The molecule has 0 unspecified atom stereocenters. The molecule has 1 aliphatic rings. The van der Waals surface area contributed by atoms with Gasteiger partial charge in [0.15, 0.2) is 11.4 Å². The van der Waals surface area contributed by atoms with Crippen LogP contribution in [0.1, 0.15) is 18.9 Å². The first-order valence-electron chi connectivity index (χ1n) is 9.60. The third-order valence-corrected chi connectivity index (χ3v) is 6.19. The average molecular weight is 446 g/mol. The van der Waals surface area contributed by atoms with E-state index in [-0.39, 0.29) is 11.1 Å². The van der Waals surface area contributed by atoms with E-state index in [9.17, 15) is 4.39 Å². The zero-order chi connectivity index (χ0) is 20.8. The van der Waals surface area contributed by atoms with Gasteiger partial charge in [0.1, 0.15) is 11.5 Å². The molecule has 154 valence electrons. The number of fused-ring (bicyclic) bond motifs is 1. The molecule has 4 aromatic rings. The number of rotatable bonds is 3. The van der Waals surface area contributed by atoms with Gasteiger partial charge in [-0.1, -0.05) is 23.2 Å². The Morgan fingerprint density at radius 3 is 2.77 bits per heavy atom. The molecule has 0 saturated carbocycles. The predicted molar refractivity (Wildman–Crippen MR) is 116 cm³/mol. The lowest BCUT2D eigenvalue weighted by Gasteiger charge is -2.22. The minimum Gasteiger partial charge on any atom is -0.460 e. The van der Waals surface area contributed by atoms with E-state index < -0.39 is 5.82 Å². The van der Waals surface area contributed by atoms with Gasteiger partial charge in [-0.05, 0) is 44.1 Å². The van der Waals surface area contributed by atoms with Crippen molar-refractivity contribution in [3.63, 3.8) is 0 Å². The van der Waals surface area contributed by atoms with Crippen molar-refractivity contribution in [3.8, 4) is 22.4 Å². The molecule has 4 heterocycles. The van der Waals surface area contributed by atoms with Gasteiger partial charge in [-0.25, -0.2) is 9.37 Å². The summed E-state index contributed by atoms with van der Waals surface area (Å²) in [6.07, 6.45) is 7.05. The van der Waals surface area contributed by atoms with E-state index in [0.29, 0.717) is 27.7 Å². The van der Waals surface area contributed by atoms with Gasteiger partial charge >= 0.3 is 0 Å². The van der Waals surface area contributed by atoms with E-state index >= 15 is 0 Å². The summed E-state index contributed by atoms with van der Waals surface area (Å²) in [5.74, 6) is -0.254. The topological polar surface area (TPSA) is 81.9 Å². The van der Waals surface area contributed by atoms with Crippen molar-refractivity contribution in [2.24, 2.45) is 0 Å². The molecule has 0 bridgehead atoms. The normalized spacial score (nSPS) is 15.2. The molecule has 1 aliphatic heterocycles. The summed E-state index contributed by atoms with van der Waals surface area (Å²) in [7, 11) is 0. The molecule has 1 saturated heterocycles. The zero-order valence-electron chi connectivity index (χ0n) is 15.8. The van der Waals surface area contributed by atoms with E-state index in [4.69, 9.17) is 38.5 Å². The largest absolute Gasteiger partial charge is 0.460 e. The highest BCUT2D eigenvalue weighted by Gasteiger charge is 2.25. The van der Waals surface area contributed by atoms with Gasteiger partial charge in [0, 0.05) is 34.5 Å². The Kier molecular flexibility index (Phi) is 4.89. The number of hydrogen-bond donors (Lipinski definition) is 2. The predicted octanol–water partition coefficient (Wildman–Crippen LogP) is 5.31. The van der Waals surface area contributed by atoms with Crippen molar-refractivity contribution in [2.75, 3.05) is 18.8 Å². The van der Waals surface area contributed by atoms with Crippen LogP contribution < -0.4 is 11.1 Å². The lowest BCUT2D eigenvalue weighted by molar-refractivity contribution is 0.344. The van der Waals surface area contributed by atoms with Crippen LogP contribution in [0.5, 0.6) is 0 Å². The monoisotopic (exact) mass is 445 g/mol. The summed E-state index contributed by atoms with van der Waals surface area (Å²) >= 11 is 12.8. The molecular weight excluding hydrogens is 428 g/mol. The SMILES string of the molecule is Nc1ncc(-c2cn(C3CCNCC3)nc2-c2c(Cl)ccc(F)c2Cl)c2ccoc12. The Bertz CT molecular complexity index is 1250. The van der Waals surface area contributed by atoms with E-state index in [1.54, 1.807) is 12.5 Å². The highest BCUT2D eigenvalue weighted by Crippen LogP contribution is 2.43. The molecule has 6 nitrogen and oxygen atoms in total. The van der Waals surface area contributed by atoms with Crippen molar-refractivity contribution in [1.82, 2.24) is 20.1 Å². The minimum atomic E-state index is -0.553. The first-order valence-corrected chi connectivity index (χ1v) is 10.4. The van der Waals surface area contributed by atoms with Crippen LogP contribution in [0.4, 0.5) is 10.2 Å². The molecular formula is C21H18Cl2FN5O. The summed E-state index contributed by atoms with van der Waals surface area (Å²) in [6, 6.07) is 4.77. The summed E-state index contributed by atoms with van der Waals surface area (Å²) in [5.41, 5.74) is 8.81. The number of furan rings is 1. The second-order valence-electron chi connectivity index (χ2n) is 7.29. The summed E-state index contributed by atoms with van der Waals surface area (Å²) in [4.78, 5) is 4.27. The molecule has 3 N–H and O–H groups in total. The maximum atomic E-state index is 14.3. The smallest absolute Gasteiger partial charge is 0.176 e. The van der Waals surface area contributed by atoms with Gasteiger partial charge in [0.2, 0.25) is 0 Å². The Labute approximate surface area is 181 Å². The highest BCUT2D eigenvalue weighted by molar-refractivity contribution is 6.39. The molecule has 1 fully saturated rings. The van der Waals surface area contributed by atoms with Gasteiger partial charge in [0.25, 0.3) is 0 Å². The number of halogens is 3. The Hall–Kier alpha value is -2.61. The van der Waals surface area contributed by atoms with Crippen LogP contribution in [0.15, 0.2) is 41.3 Å². The van der Waals surface area contributed by atoms with Crippen molar-refractivity contribution in [2.45, 2.75) is 18.9 Å². The second-order valence-corrected chi connectivity index (χ2v) is 8.08. The van der Waals surface area contributed by atoms with Crippen molar-refractivity contribution < 1.29 is 8.81 Å². The fourth-order valence-electron chi connectivity index (χ4n) is 3.97. The van der Waals surface area contributed by atoms with E-state index in [0.717, 1.165) is 42.4 Å². The zero-order valence-corrected chi connectivity index (χ0v) is 17.3. The maximum absolute atomic E-state index is 14.3. The third-order valence-electron chi connectivity index (χ3n) is 5.51. The van der Waals surface area contributed by atoms with Crippen LogP contribution in [-0.4, -0.2) is 27.9 Å². The van der Waals surface area contributed by atoms with Crippen molar-refractivity contribution >= 4 is 40.0 Å². The minimum absolute atomic E-state index is 0.0637. The van der Waals surface area contributed by atoms with Gasteiger partial charge in [0.05, 0.1) is 22.4 Å². The number of nitrogens with one attached hydrogen (secondary N) is 1. The molecule has 0 amide bonds. The first-order chi connectivity index (χ1) is 14.5. The fraction of sp³-hybridized carbons (Fsp3) is 0.238. The average Bonchev–Trinajstić information content (AvgIpc) is 3.41. The Morgan fingerprint density at radius 1 is 1.17 bits per heavy atom. The molecule has 0 aliphatic carbocycles. The number of hydrogen-bond acceptors (Lipinski definition) is 5. The first kappa shape index (κ1) is 19.4. The van der Waals surface area contributed by atoms with E-state index in [2.05, 4.69) is 10.3 Å². The summed E-state index contributed by atoms with van der Waals surface area (Å²) in [6.45, 7) is 1.82. The van der Waals surface area contributed by atoms with Crippen LogP contribution in [0, 0.1) is 5.82 Å². The van der Waals surface area contributed by atoms with Crippen LogP contribution in [0.25, 0.3) is 33.4 Å². The second kappa shape index (κ2) is 7.58. The Balaban J connectivity index is 1.77. The van der Waals surface area contributed by atoms with E-state index in [1.807, 2.05) is 16.9 Å². The lowest BCUT2D eigenvalue weighted by atomic mass is 10.00. The molecule has 0 spiro atoms. The number of anilines is 1. The number of nitrogens with two attached hydrogens (primary N) is 1. The molecule has 30 heavy (non-hydrogen) atoms. The number of piperidine rings is 1. The van der Waals surface area contributed by atoms with Crippen molar-refractivity contribution in [1.29, 1.82) is 0 Å². The fourth-order valence-corrected chi connectivity index (χ4v) is 4.52. The summed E-state index contributed by atoms with van der Waals surface area (Å²) in [5, 5.41) is 9.22. The summed E-state index contributed by atoms with van der Waals surface area (Å²) < 4.78 is 21.8. The van der Waals surface area contributed by atoms with Crippen LogP contribution in [0.2, 0.25) is 10.0 Å². The van der Waals surface area contributed by atoms with Crippen LogP contribution in [0.3, 0.4) is 0 Å². The number of aromatic nitrogens is 3. The van der Waals surface area contributed by atoms with Crippen molar-refractivity contribution in [3.05, 3.63) is 52.7 Å². The number of pyridine rings is 1. The molecule has 3 aromatic heterocycles. The Morgan fingerprint density at radius 2 is 1.97 bits per heavy atom. The quantitative estimate of drug-likeness (QED) is 0.417. The highest BCUT2D eigenvalue weighted by atomic mass is 35.5. The molecule has 0 radical (unpaired) electrons. The molecule has 0 atom stereocenters. The van der Waals surface area contributed by atoms with Gasteiger partial charge in [-0.2, -0.15) is 5.10 Å².